The number of aryl methyl sites for hydroxylation is 1. The number of fused-ring (bicyclic) bond motifs is 1. The van der Waals surface area contributed by atoms with Crippen molar-refractivity contribution in [2.24, 2.45) is 5.92 Å². The van der Waals surface area contributed by atoms with Crippen LogP contribution in [0.4, 0.5) is 11.5 Å². The van der Waals surface area contributed by atoms with E-state index in [0.717, 1.165) is 58.9 Å². The zero-order valence-electron chi connectivity index (χ0n) is 22.0. The van der Waals surface area contributed by atoms with Crippen molar-refractivity contribution < 1.29 is 13.2 Å². The Hall–Kier alpha value is -3.73. The summed E-state index contributed by atoms with van der Waals surface area (Å²) in [5, 5.41) is 5.67. The fourth-order valence-corrected chi connectivity index (χ4v) is 6.49. The van der Waals surface area contributed by atoms with Crippen LogP contribution in [0.15, 0.2) is 42.9 Å². The molecule has 2 aliphatic heterocycles. The maximum absolute atomic E-state index is 11.9. The summed E-state index contributed by atoms with van der Waals surface area (Å²) in [7, 11) is -1.39. The molecule has 4 aromatic rings. The number of ether oxygens (including phenoxy) is 1. The second-order valence-corrected chi connectivity index (χ2v) is 12.5. The maximum atomic E-state index is 11.9. The minimum atomic E-state index is -3.02. The lowest BCUT2D eigenvalue weighted by molar-refractivity contribution is 0.341. The van der Waals surface area contributed by atoms with Crippen molar-refractivity contribution in [2.75, 3.05) is 48.6 Å². The lowest BCUT2D eigenvalue weighted by atomic mass is 9.91. The van der Waals surface area contributed by atoms with E-state index in [1.807, 2.05) is 36.0 Å². The molecule has 0 amide bonds. The van der Waals surface area contributed by atoms with Gasteiger partial charge >= 0.3 is 0 Å². The molecule has 2 atom stereocenters. The molecule has 6 rings (SSSR count). The highest BCUT2D eigenvalue weighted by atomic mass is 32.2. The highest BCUT2D eigenvalue weighted by Crippen LogP contribution is 2.36. The Morgan fingerprint density at radius 2 is 1.89 bits per heavy atom. The Morgan fingerprint density at radius 3 is 2.58 bits per heavy atom. The van der Waals surface area contributed by atoms with E-state index in [-0.39, 0.29) is 17.7 Å². The van der Waals surface area contributed by atoms with Gasteiger partial charge in [0.25, 0.3) is 0 Å². The van der Waals surface area contributed by atoms with Crippen LogP contribution in [0.3, 0.4) is 0 Å². The van der Waals surface area contributed by atoms with E-state index in [0.29, 0.717) is 18.1 Å². The molecular formula is C27H31N7O3S. The first-order valence-corrected chi connectivity index (χ1v) is 14.8. The van der Waals surface area contributed by atoms with E-state index >= 15 is 0 Å². The molecule has 0 unspecified atom stereocenters. The molecular weight excluding hydrogens is 502 g/mol. The lowest BCUT2D eigenvalue weighted by Crippen LogP contribution is -2.57. The molecule has 0 bridgehead atoms. The van der Waals surface area contributed by atoms with Gasteiger partial charge in [-0.25, -0.2) is 18.1 Å². The zero-order valence-corrected chi connectivity index (χ0v) is 22.8. The average molecular weight is 534 g/mol. The Balaban J connectivity index is 1.43. The standard InChI is InChI=1S/C27H31N7O3S/c1-17-21-14-29-34(24(21)12-23(30-17)22-13-28-7-6-25(22)37-3)27-11-20(10-26(31-27)32-8-5-9-32)33-15-19(18(33)2)16-38(4,35)36/h6-7,10-14,18-19H,5,8-9,15-16H2,1-4H3/t18-,19-/m1/s1. The second kappa shape index (κ2) is 9.23. The van der Waals surface area contributed by atoms with Crippen LogP contribution >= 0.6 is 0 Å². The summed E-state index contributed by atoms with van der Waals surface area (Å²) in [4.78, 5) is 18.6. The van der Waals surface area contributed by atoms with Gasteiger partial charge in [0.1, 0.15) is 21.4 Å². The third kappa shape index (κ3) is 4.34. The van der Waals surface area contributed by atoms with Crippen LogP contribution in [0, 0.1) is 12.8 Å². The zero-order chi connectivity index (χ0) is 26.6. The number of sulfone groups is 1. The summed E-state index contributed by atoms with van der Waals surface area (Å²) in [6.07, 6.45) is 7.73. The summed E-state index contributed by atoms with van der Waals surface area (Å²) in [6.45, 7) is 6.70. The van der Waals surface area contributed by atoms with Gasteiger partial charge in [0.15, 0.2) is 5.82 Å². The molecule has 6 heterocycles. The molecule has 2 saturated heterocycles. The molecule has 0 N–H and O–H groups in total. The molecule has 38 heavy (non-hydrogen) atoms. The van der Waals surface area contributed by atoms with Crippen molar-refractivity contribution in [2.45, 2.75) is 26.3 Å². The molecule has 4 aromatic heterocycles. The average Bonchev–Trinajstić information content (AvgIpc) is 3.29. The SMILES string of the molecule is COc1ccncc1-c1cc2c(cnn2-c2cc(N3C[C@H](CS(C)(=O)=O)[C@H]3C)cc(N3CCC3)n2)c(C)n1. The van der Waals surface area contributed by atoms with E-state index in [1.165, 1.54) is 6.26 Å². The van der Waals surface area contributed by atoms with Crippen molar-refractivity contribution in [3.63, 3.8) is 0 Å². The first-order chi connectivity index (χ1) is 18.2. The third-order valence-electron chi connectivity index (χ3n) is 7.67. The van der Waals surface area contributed by atoms with Crippen LogP contribution in [0.25, 0.3) is 28.0 Å². The number of hydrogen-bond acceptors (Lipinski definition) is 9. The molecule has 0 saturated carbocycles. The first-order valence-electron chi connectivity index (χ1n) is 12.8. The van der Waals surface area contributed by atoms with E-state index < -0.39 is 9.84 Å². The number of nitrogens with zero attached hydrogens (tertiary/aromatic N) is 7. The Kier molecular flexibility index (Phi) is 5.97. The smallest absolute Gasteiger partial charge is 0.158 e. The van der Waals surface area contributed by atoms with Crippen molar-refractivity contribution in [1.82, 2.24) is 24.7 Å². The first kappa shape index (κ1) is 24.6. The van der Waals surface area contributed by atoms with Gasteiger partial charge < -0.3 is 14.5 Å². The lowest BCUT2D eigenvalue weighted by Gasteiger charge is -2.48. The summed E-state index contributed by atoms with van der Waals surface area (Å²) in [5.74, 6) is 2.65. The van der Waals surface area contributed by atoms with Crippen molar-refractivity contribution >= 4 is 32.2 Å². The highest BCUT2D eigenvalue weighted by Gasteiger charge is 2.38. The summed E-state index contributed by atoms with van der Waals surface area (Å²) < 4.78 is 31.2. The number of aromatic nitrogens is 5. The molecule has 0 radical (unpaired) electrons. The van der Waals surface area contributed by atoms with Crippen LogP contribution in [-0.4, -0.2) is 77.9 Å². The van der Waals surface area contributed by atoms with Gasteiger partial charge in [-0.15, -0.1) is 0 Å². The van der Waals surface area contributed by atoms with Crippen LogP contribution in [0.2, 0.25) is 0 Å². The molecule has 0 spiro atoms. The highest BCUT2D eigenvalue weighted by molar-refractivity contribution is 7.90. The number of pyridine rings is 3. The van der Waals surface area contributed by atoms with Gasteiger partial charge in [-0.1, -0.05) is 0 Å². The molecule has 0 aliphatic carbocycles. The molecule has 10 nitrogen and oxygen atoms in total. The summed E-state index contributed by atoms with van der Waals surface area (Å²) in [6, 6.07) is 8.10. The monoisotopic (exact) mass is 533 g/mol. The van der Waals surface area contributed by atoms with Gasteiger partial charge in [0, 0.05) is 79.1 Å². The topological polar surface area (TPSA) is 106 Å². The number of hydrogen-bond donors (Lipinski definition) is 0. The van der Waals surface area contributed by atoms with Crippen LogP contribution < -0.4 is 14.5 Å². The maximum Gasteiger partial charge on any atom is 0.158 e. The normalized spacial score (nSPS) is 19.4. The van der Waals surface area contributed by atoms with Gasteiger partial charge in [0.05, 0.1) is 35.8 Å². The van der Waals surface area contributed by atoms with Gasteiger partial charge in [-0.3, -0.25) is 9.97 Å². The predicted molar refractivity (Wildman–Crippen MR) is 148 cm³/mol. The fraction of sp³-hybridized carbons (Fsp3) is 0.407. The van der Waals surface area contributed by atoms with Gasteiger partial charge in [-0.2, -0.15) is 5.10 Å². The number of methoxy groups -OCH3 is 1. The van der Waals surface area contributed by atoms with E-state index in [1.54, 1.807) is 19.5 Å². The number of rotatable bonds is 7. The van der Waals surface area contributed by atoms with E-state index in [9.17, 15) is 8.42 Å². The fourth-order valence-electron chi connectivity index (χ4n) is 5.33. The molecule has 198 valence electrons. The minimum Gasteiger partial charge on any atom is -0.496 e. The minimum absolute atomic E-state index is 0.116. The summed E-state index contributed by atoms with van der Waals surface area (Å²) >= 11 is 0. The second-order valence-electron chi connectivity index (χ2n) is 10.3. The quantitative estimate of drug-likeness (QED) is 0.354. The molecule has 2 fully saturated rings. The largest absolute Gasteiger partial charge is 0.496 e. The third-order valence-corrected chi connectivity index (χ3v) is 8.70. The Morgan fingerprint density at radius 1 is 1.11 bits per heavy atom. The number of anilines is 2. The molecule has 2 aliphatic rings. The van der Waals surface area contributed by atoms with Gasteiger partial charge in [0.2, 0.25) is 0 Å². The van der Waals surface area contributed by atoms with Crippen molar-refractivity contribution in [1.29, 1.82) is 0 Å². The summed E-state index contributed by atoms with van der Waals surface area (Å²) in [5.41, 5.74) is 4.33. The van der Waals surface area contributed by atoms with Crippen molar-refractivity contribution in [3.8, 4) is 22.8 Å². The van der Waals surface area contributed by atoms with Crippen LogP contribution in [0.1, 0.15) is 19.0 Å². The van der Waals surface area contributed by atoms with E-state index in [2.05, 4.69) is 27.8 Å². The predicted octanol–water partition coefficient (Wildman–Crippen LogP) is 3.27. The molecule has 11 heteroatoms. The van der Waals surface area contributed by atoms with Crippen molar-refractivity contribution in [3.05, 3.63) is 48.5 Å². The Bertz CT molecular complexity index is 1630. The van der Waals surface area contributed by atoms with E-state index in [4.69, 9.17) is 19.8 Å². The van der Waals surface area contributed by atoms with Gasteiger partial charge in [-0.05, 0) is 32.4 Å². The van der Waals surface area contributed by atoms with Crippen LogP contribution in [0.5, 0.6) is 5.75 Å². The van der Waals surface area contributed by atoms with Crippen LogP contribution in [-0.2, 0) is 9.84 Å². The Labute approximate surface area is 222 Å². The molecule has 0 aromatic carbocycles.